The Bertz CT molecular complexity index is 763. The lowest BCUT2D eigenvalue weighted by atomic mass is 9.95. The number of hydrogen-bond acceptors (Lipinski definition) is 3. The van der Waals surface area contributed by atoms with Gasteiger partial charge in [0.1, 0.15) is 5.75 Å². The van der Waals surface area contributed by atoms with E-state index in [4.69, 9.17) is 4.74 Å². The van der Waals surface area contributed by atoms with Crippen molar-refractivity contribution < 1.29 is 9.53 Å². The highest BCUT2D eigenvalue weighted by molar-refractivity contribution is 5.89. The minimum Gasteiger partial charge on any atom is -0.497 e. The topological polar surface area (TPSA) is 44.8 Å². The van der Waals surface area contributed by atoms with Crippen LogP contribution in [0.1, 0.15) is 18.4 Å². The number of nitrogens with zero attached hydrogens (tertiary/aromatic N) is 2. The van der Waals surface area contributed by atoms with Crippen LogP contribution in [0, 0.1) is 5.92 Å². The lowest BCUT2D eigenvalue weighted by Crippen LogP contribution is -2.49. The Hall–Kier alpha value is -2.53. The zero-order valence-corrected chi connectivity index (χ0v) is 15.8. The molecule has 0 aromatic heterocycles. The van der Waals surface area contributed by atoms with Gasteiger partial charge < -0.3 is 15.0 Å². The molecule has 27 heavy (non-hydrogen) atoms. The van der Waals surface area contributed by atoms with Gasteiger partial charge in [0.15, 0.2) is 0 Å². The molecule has 3 aliphatic heterocycles. The Morgan fingerprint density at radius 3 is 2.56 bits per heavy atom. The Morgan fingerprint density at radius 1 is 1.04 bits per heavy atom. The predicted molar refractivity (Wildman–Crippen MR) is 107 cm³/mol. The summed E-state index contributed by atoms with van der Waals surface area (Å²) in [7, 11) is 1.69. The number of fused-ring (bicyclic) bond motifs is 4. The highest BCUT2D eigenvalue weighted by Gasteiger charge is 2.37. The molecule has 3 fully saturated rings. The standard InChI is InChI=1S/C22H27N3O2/c1-27-21-11-8-17(9-12-21)13-24-14-18-7-10-20(16-24)25(15-18)22(26)23-19-5-3-2-4-6-19/h2-6,8-9,11-12,18,20H,7,10,13-16H2,1H3,(H,23,26)/t18-,20+/m0/s1. The largest absolute Gasteiger partial charge is 0.497 e. The summed E-state index contributed by atoms with van der Waals surface area (Å²) in [6.45, 7) is 3.76. The van der Waals surface area contributed by atoms with E-state index in [1.165, 1.54) is 12.0 Å². The summed E-state index contributed by atoms with van der Waals surface area (Å²) in [5.74, 6) is 1.43. The molecule has 1 N–H and O–H groups in total. The average Bonchev–Trinajstić information content (AvgIpc) is 3.00. The predicted octanol–water partition coefficient (Wildman–Crippen LogP) is 3.82. The molecule has 5 heteroatoms. The molecule has 2 atom stereocenters. The van der Waals surface area contributed by atoms with Crippen molar-refractivity contribution in [3.8, 4) is 5.75 Å². The molecular weight excluding hydrogens is 338 g/mol. The first-order valence-electron chi connectivity index (χ1n) is 9.69. The number of nitrogens with one attached hydrogen (secondary N) is 1. The van der Waals surface area contributed by atoms with Crippen LogP contribution < -0.4 is 10.1 Å². The minimum atomic E-state index is 0.0298. The summed E-state index contributed by atoms with van der Waals surface area (Å²) >= 11 is 0. The van der Waals surface area contributed by atoms with E-state index in [-0.39, 0.29) is 12.1 Å². The van der Waals surface area contributed by atoms with Gasteiger partial charge in [-0.2, -0.15) is 0 Å². The number of benzene rings is 2. The molecule has 5 nitrogen and oxygen atoms in total. The first kappa shape index (κ1) is 17.9. The molecule has 2 aromatic carbocycles. The van der Waals surface area contributed by atoms with E-state index in [0.29, 0.717) is 5.92 Å². The molecule has 3 heterocycles. The van der Waals surface area contributed by atoms with Gasteiger partial charge in [-0.3, -0.25) is 4.90 Å². The number of methoxy groups -OCH3 is 1. The van der Waals surface area contributed by atoms with E-state index in [0.717, 1.165) is 44.0 Å². The molecule has 142 valence electrons. The molecule has 0 aliphatic carbocycles. The fourth-order valence-corrected chi connectivity index (χ4v) is 4.26. The van der Waals surface area contributed by atoms with Crippen molar-refractivity contribution in [2.45, 2.75) is 25.4 Å². The molecule has 2 amide bonds. The third kappa shape index (κ3) is 4.25. The van der Waals surface area contributed by atoms with E-state index < -0.39 is 0 Å². The summed E-state index contributed by atoms with van der Waals surface area (Å²) in [5.41, 5.74) is 2.15. The van der Waals surface area contributed by atoms with Gasteiger partial charge in [0, 0.05) is 37.9 Å². The van der Waals surface area contributed by atoms with Gasteiger partial charge in [-0.1, -0.05) is 30.3 Å². The summed E-state index contributed by atoms with van der Waals surface area (Å²) < 4.78 is 5.25. The molecule has 3 saturated heterocycles. The fraction of sp³-hybridized carbons (Fsp3) is 0.409. The molecule has 3 aliphatic rings. The van der Waals surface area contributed by atoms with Gasteiger partial charge >= 0.3 is 6.03 Å². The number of piperidine rings is 1. The monoisotopic (exact) mass is 365 g/mol. The van der Waals surface area contributed by atoms with Crippen LogP contribution in [0.25, 0.3) is 0 Å². The van der Waals surface area contributed by atoms with Crippen LogP contribution in [0.4, 0.5) is 10.5 Å². The number of carbonyl (C=O) groups is 1. The number of amides is 2. The van der Waals surface area contributed by atoms with Crippen molar-refractivity contribution >= 4 is 11.7 Å². The smallest absolute Gasteiger partial charge is 0.322 e. The van der Waals surface area contributed by atoms with Crippen molar-refractivity contribution in [2.75, 3.05) is 32.1 Å². The van der Waals surface area contributed by atoms with Crippen molar-refractivity contribution in [1.82, 2.24) is 9.80 Å². The molecule has 0 unspecified atom stereocenters. The van der Waals surface area contributed by atoms with Crippen molar-refractivity contribution in [3.63, 3.8) is 0 Å². The van der Waals surface area contributed by atoms with Gasteiger partial charge in [-0.15, -0.1) is 0 Å². The normalized spacial score (nSPS) is 22.3. The van der Waals surface area contributed by atoms with Crippen LogP contribution in [-0.4, -0.2) is 48.6 Å². The van der Waals surface area contributed by atoms with Crippen LogP contribution in [-0.2, 0) is 6.54 Å². The van der Waals surface area contributed by atoms with Crippen LogP contribution >= 0.6 is 0 Å². The van der Waals surface area contributed by atoms with Gasteiger partial charge in [-0.05, 0) is 48.6 Å². The number of ether oxygens (including phenoxy) is 1. The lowest BCUT2D eigenvalue weighted by Gasteiger charge is -2.36. The minimum absolute atomic E-state index is 0.0298. The Labute approximate surface area is 160 Å². The third-order valence-corrected chi connectivity index (χ3v) is 5.64. The van der Waals surface area contributed by atoms with Crippen molar-refractivity contribution in [1.29, 1.82) is 0 Å². The first-order chi connectivity index (χ1) is 13.2. The summed E-state index contributed by atoms with van der Waals surface area (Å²) in [6.07, 6.45) is 2.30. The van der Waals surface area contributed by atoms with E-state index in [2.05, 4.69) is 27.2 Å². The molecule has 0 spiro atoms. The summed E-state index contributed by atoms with van der Waals surface area (Å²) in [4.78, 5) is 17.4. The highest BCUT2D eigenvalue weighted by atomic mass is 16.5. The van der Waals surface area contributed by atoms with Gasteiger partial charge in [0.25, 0.3) is 0 Å². The molecule has 5 rings (SSSR count). The maximum absolute atomic E-state index is 12.8. The first-order valence-corrected chi connectivity index (χ1v) is 9.69. The SMILES string of the molecule is COc1ccc(CN2C[C@@H]3CC[C@H](C2)N(C(=O)Nc2ccccc2)C3)cc1. The lowest BCUT2D eigenvalue weighted by molar-refractivity contribution is 0.151. The fourth-order valence-electron chi connectivity index (χ4n) is 4.26. The second kappa shape index (κ2) is 8.01. The van der Waals surface area contributed by atoms with Crippen LogP contribution in [0.2, 0.25) is 0 Å². The van der Waals surface area contributed by atoms with Gasteiger partial charge in [0.05, 0.1) is 7.11 Å². The van der Waals surface area contributed by atoms with Crippen molar-refractivity contribution in [3.05, 3.63) is 60.2 Å². The van der Waals surface area contributed by atoms with Crippen LogP contribution in [0.15, 0.2) is 54.6 Å². The van der Waals surface area contributed by atoms with E-state index in [1.807, 2.05) is 42.5 Å². The van der Waals surface area contributed by atoms with E-state index in [1.54, 1.807) is 7.11 Å². The molecular formula is C22H27N3O2. The van der Waals surface area contributed by atoms with Crippen molar-refractivity contribution in [2.24, 2.45) is 5.92 Å². The number of rotatable bonds is 4. The number of urea groups is 1. The maximum Gasteiger partial charge on any atom is 0.322 e. The zero-order chi connectivity index (χ0) is 18.6. The Morgan fingerprint density at radius 2 is 1.81 bits per heavy atom. The molecule has 0 saturated carbocycles. The summed E-state index contributed by atoms with van der Waals surface area (Å²) in [6, 6.07) is 18.3. The second-order valence-corrected chi connectivity index (χ2v) is 7.59. The maximum atomic E-state index is 12.8. The zero-order valence-electron chi connectivity index (χ0n) is 15.8. The van der Waals surface area contributed by atoms with Gasteiger partial charge in [-0.25, -0.2) is 4.79 Å². The van der Waals surface area contributed by atoms with E-state index in [9.17, 15) is 4.79 Å². The van der Waals surface area contributed by atoms with Crippen LogP contribution in [0.5, 0.6) is 5.75 Å². The number of carbonyl (C=O) groups excluding carboxylic acids is 1. The molecule has 2 aromatic rings. The summed E-state index contributed by atoms with van der Waals surface area (Å²) in [5, 5.41) is 3.06. The number of anilines is 1. The van der Waals surface area contributed by atoms with E-state index >= 15 is 0 Å². The highest BCUT2D eigenvalue weighted by Crippen LogP contribution is 2.29. The third-order valence-electron chi connectivity index (χ3n) is 5.64. The average molecular weight is 365 g/mol. The molecule has 0 radical (unpaired) electrons. The number of hydrogen-bond donors (Lipinski definition) is 1. The second-order valence-electron chi connectivity index (χ2n) is 7.59. The quantitative estimate of drug-likeness (QED) is 0.896. The Kier molecular flexibility index (Phi) is 5.30. The van der Waals surface area contributed by atoms with Crippen LogP contribution in [0.3, 0.4) is 0 Å². The Balaban J connectivity index is 1.41. The van der Waals surface area contributed by atoms with Gasteiger partial charge in [0.2, 0.25) is 0 Å². The number of para-hydroxylation sites is 1. The molecule has 2 bridgehead atoms.